The molecule has 1 saturated carbocycles. The maximum absolute atomic E-state index is 2.48. The number of hydrogen-bond acceptors (Lipinski definition) is 0. The Labute approximate surface area is 194 Å². The number of fused-ring (bicyclic) bond motifs is 1. The summed E-state index contributed by atoms with van der Waals surface area (Å²) in [7, 11) is 1.08. The number of benzene rings is 2. The molecular formula is C26H34HfSi-2. The van der Waals surface area contributed by atoms with Gasteiger partial charge in [-0.25, -0.2) is 0 Å². The van der Waals surface area contributed by atoms with Crippen molar-refractivity contribution in [3.8, 4) is 11.1 Å². The van der Waals surface area contributed by atoms with Crippen LogP contribution in [0.25, 0.3) is 21.9 Å². The molecule has 0 aliphatic heterocycles. The molecule has 4 atom stereocenters. The van der Waals surface area contributed by atoms with Crippen LogP contribution >= 0.6 is 0 Å². The Balaban J connectivity index is 0.000000261. The molecule has 0 amide bonds. The summed E-state index contributed by atoms with van der Waals surface area (Å²) in [5.74, 6) is 3.49. The third kappa shape index (κ3) is 6.88. The average molecular weight is 553 g/mol. The summed E-state index contributed by atoms with van der Waals surface area (Å²) in [4.78, 5) is 0. The minimum absolute atomic E-state index is 0. The fourth-order valence-corrected chi connectivity index (χ4v) is 3.73. The third-order valence-electron chi connectivity index (χ3n) is 5.82. The molecule has 2 radical (unpaired) electrons. The van der Waals surface area contributed by atoms with Gasteiger partial charge in [0.2, 0.25) is 0 Å². The molecule has 1 fully saturated rings. The van der Waals surface area contributed by atoms with Crippen LogP contribution < -0.4 is 0 Å². The van der Waals surface area contributed by atoms with Gasteiger partial charge in [-0.1, -0.05) is 107 Å². The average Bonchev–Trinajstić information content (AvgIpc) is 3.21. The predicted octanol–water partition coefficient (Wildman–Crippen LogP) is 7.76. The van der Waals surface area contributed by atoms with E-state index in [0.717, 1.165) is 33.2 Å². The van der Waals surface area contributed by atoms with Crippen molar-refractivity contribution in [2.75, 3.05) is 0 Å². The van der Waals surface area contributed by atoms with Crippen LogP contribution in [-0.4, -0.2) is 9.52 Å². The van der Waals surface area contributed by atoms with Gasteiger partial charge in [0.25, 0.3) is 0 Å². The van der Waals surface area contributed by atoms with Gasteiger partial charge in [0, 0.05) is 35.4 Å². The van der Waals surface area contributed by atoms with Crippen LogP contribution in [0.3, 0.4) is 0 Å². The maximum Gasteiger partial charge on any atom is 0.0307 e. The SMILES string of the molecule is CC1[CH-]C(C)C(C)C1C.C[Si]C.[Hf].c1ccc(-c2cc3ccccc3[cH-]2)cc1. The van der Waals surface area contributed by atoms with E-state index in [1.54, 1.807) is 0 Å². The zero-order valence-corrected chi connectivity index (χ0v) is 22.8. The van der Waals surface area contributed by atoms with Crippen LogP contribution in [0.2, 0.25) is 13.1 Å². The zero-order chi connectivity index (χ0) is 19.8. The monoisotopic (exact) mass is 554 g/mol. The van der Waals surface area contributed by atoms with E-state index in [2.05, 4.69) is 108 Å². The van der Waals surface area contributed by atoms with Crippen LogP contribution in [0.15, 0.2) is 66.7 Å². The quantitative estimate of drug-likeness (QED) is 0.214. The summed E-state index contributed by atoms with van der Waals surface area (Å²) in [5, 5.41) is 2.63. The van der Waals surface area contributed by atoms with E-state index in [-0.39, 0.29) is 25.8 Å². The van der Waals surface area contributed by atoms with E-state index in [1.807, 2.05) is 6.07 Å². The van der Waals surface area contributed by atoms with Crippen molar-refractivity contribution in [2.45, 2.75) is 40.8 Å². The molecule has 0 N–H and O–H groups in total. The summed E-state index contributed by atoms with van der Waals surface area (Å²) in [6.07, 6.45) is 2.48. The van der Waals surface area contributed by atoms with Crippen LogP contribution in [0, 0.1) is 30.1 Å². The smallest absolute Gasteiger partial charge is 0.0307 e. The minimum atomic E-state index is 0. The Morgan fingerprint density at radius 1 is 0.750 bits per heavy atom. The molecule has 3 aromatic carbocycles. The molecule has 0 heterocycles. The van der Waals surface area contributed by atoms with Crippen molar-refractivity contribution in [1.29, 1.82) is 0 Å². The van der Waals surface area contributed by atoms with Crippen LogP contribution in [0.4, 0.5) is 0 Å². The van der Waals surface area contributed by atoms with E-state index in [9.17, 15) is 0 Å². The number of rotatable bonds is 1. The second-order valence-corrected chi connectivity index (χ2v) is 8.87. The standard InChI is InChI=1S/C15H11.C9H17.C2H6Si.Hf/c1-2-6-12(7-3-1)15-10-13-8-4-5-9-14(13)11-15;1-6-5-7(2)9(4)8(6)3;1-3-2;/h1-11H;5-9H,1-4H3;1-2H3;/q2*-1;;. The van der Waals surface area contributed by atoms with Gasteiger partial charge in [-0.2, -0.15) is 11.8 Å². The molecular weight excluding hydrogens is 519 g/mol. The van der Waals surface area contributed by atoms with E-state index in [4.69, 9.17) is 0 Å². The van der Waals surface area contributed by atoms with E-state index < -0.39 is 0 Å². The first kappa shape index (κ1) is 25.2. The molecule has 0 aromatic heterocycles. The summed E-state index contributed by atoms with van der Waals surface area (Å²) in [6, 6.07) is 23.4. The maximum atomic E-state index is 2.48. The summed E-state index contributed by atoms with van der Waals surface area (Å²) >= 11 is 0. The summed E-state index contributed by atoms with van der Waals surface area (Å²) < 4.78 is 0. The Morgan fingerprint density at radius 3 is 1.71 bits per heavy atom. The van der Waals surface area contributed by atoms with Gasteiger partial charge in [-0.05, 0) is 0 Å². The molecule has 0 nitrogen and oxygen atoms in total. The van der Waals surface area contributed by atoms with Crippen LogP contribution in [0.1, 0.15) is 27.7 Å². The van der Waals surface area contributed by atoms with E-state index in [1.165, 1.54) is 21.9 Å². The predicted molar refractivity (Wildman–Crippen MR) is 123 cm³/mol. The first-order chi connectivity index (χ1) is 13.0. The molecule has 4 rings (SSSR count). The van der Waals surface area contributed by atoms with Gasteiger partial charge >= 0.3 is 0 Å². The van der Waals surface area contributed by atoms with E-state index in [0.29, 0.717) is 0 Å². The molecule has 1 aliphatic rings. The molecule has 0 saturated heterocycles. The molecule has 148 valence electrons. The van der Waals surface area contributed by atoms with Gasteiger partial charge in [0.15, 0.2) is 0 Å². The minimum Gasteiger partial charge on any atom is -0.322 e. The Morgan fingerprint density at radius 2 is 1.25 bits per heavy atom. The Bertz CT molecular complexity index is 747. The third-order valence-corrected chi connectivity index (χ3v) is 5.82. The topological polar surface area (TPSA) is 0 Å². The number of hydrogen-bond donors (Lipinski definition) is 0. The van der Waals surface area contributed by atoms with Crippen LogP contribution in [-0.2, 0) is 25.8 Å². The molecule has 4 unspecified atom stereocenters. The van der Waals surface area contributed by atoms with Crippen molar-refractivity contribution in [1.82, 2.24) is 0 Å². The Hall–Kier alpha value is -0.863. The molecule has 28 heavy (non-hydrogen) atoms. The first-order valence-electron chi connectivity index (χ1n) is 10.1. The zero-order valence-electron chi connectivity index (χ0n) is 18.2. The summed E-state index contributed by atoms with van der Waals surface area (Å²) in [5.41, 5.74) is 2.59. The summed E-state index contributed by atoms with van der Waals surface area (Å²) in [6.45, 7) is 13.7. The molecule has 1 aliphatic carbocycles. The van der Waals surface area contributed by atoms with Gasteiger partial charge in [0.05, 0.1) is 0 Å². The van der Waals surface area contributed by atoms with Crippen LogP contribution in [0.5, 0.6) is 0 Å². The molecule has 0 spiro atoms. The van der Waals surface area contributed by atoms with Crippen molar-refractivity contribution in [2.24, 2.45) is 23.7 Å². The Kier molecular flexibility index (Phi) is 11.4. The second kappa shape index (κ2) is 12.6. The fraction of sp³-hybridized carbons (Fsp3) is 0.385. The van der Waals surface area contributed by atoms with Gasteiger partial charge < -0.3 is 6.42 Å². The fourth-order valence-electron chi connectivity index (χ4n) is 3.73. The van der Waals surface area contributed by atoms with Crippen molar-refractivity contribution in [3.63, 3.8) is 0 Å². The van der Waals surface area contributed by atoms with Crippen molar-refractivity contribution < 1.29 is 25.8 Å². The normalized spacial score (nSPS) is 23.1. The molecule has 3 aromatic rings. The molecule has 0 bridgehead atoms. The molecule has 2 heteroatoms. The largest absolute Gasteiger partial charge is 0.322 e. The van der Waals surface area contributed by atoms with Crippen molar-refractivity contribution >= 4 is 20.3 Å². The van der Waals surface area contributed by atoms with E-state index >= 15 is 0 Å². The second-order valence-electron chi connectivity index (χ2n) is 7.87. The first-order valence-corrected chi connectivity index (χ1v) is 12.1. The van der Waals surface area contributed by atoms with Gasteiger partial charge in [0.1, 0.15) is 0 Å². The van der Waals surface area contributed by atoms with Gasteiger partial charge in [-0.3, -0.25) is 0 Å². The van der Waals surface area contributed by atoms with Crippen molar-refractivity contribution in [3.05, 3.63) is 73.2 Å². The van der Waals surface area contributed by atoms with Gasteiger partial charge in [-0.15, -0.1) is 34.5 Å².